The van der Waals surface area contributed by atoms with E-state index in [0.717, 1.165) is 5.41 Å². The second kappa shape index (κ2) is 6.83. The first-order valence-electron chi connectivity index (χ1n) is 5.57. The normalized spacial score (nSPS) is 13.2. The van der Waals surface area contributed by atoms with Gasteiger partial charge in [-0.2, -0.15) is 4.72 Å². The number of hydrogen-bond donors (Lipinski definition) is 3. The van der Waals surface area contributed by atoms with E-state index in [1.165, 1.54) is 6.08 Å². The molecule has 1 amide bonds. The van der Waals surface area contributed by atoms with Crippen LogP contribution in [0, 0.1) is 0 Å². The molecule has 0 heterocycles. The first-order chi connectivity index (χ1) is 9.30. The van der Waals surface area contributed by atoms with Crippen LogP contribution >= 0.6 is 0 Å². The number of carbonyl (C=O) groups excluding carboxylic acids is 1. The summed E-state index contributed by atoms with van der Waals surface area (Å²) in [4.78, 5) is 21.5. The van der Waals surface area contributed by atoms with Crippen molar-refractivity contribution in [3.63, 3.8) is 0 Å². The molecule has 0 spiro atoms. The molecule has 1 aromatic rings. The quantitative estimate of drug-likeness (QED) is 0.648. The number of aliphatic carboxylic acids is 1. The zero-order valence-electron chi connectivity index (χ0n) is 10.4. The molecule has 0 aliphatic carbocycles. The van der Waals surface area contributed by atoms with Crippen molar-refractivity contribution < 1.29 is 23.1 Å². The van der Waals surface area contributed by atoms with E-state index in [1.54, 1.807) is 30.3 Å². The summed E-state index contributed by atoms with van der Waals surface area (Å²) in [5.74, 6) is -2.38. The minimum absolute atomic E-state index is 0.617. The van der Waals surface area contributed by atoms with Crippen molar-refractivity contribution in [2.45, 2.75) is 12.5 Å². The molecule has 7 nitrogen and oxygen atoms in total. The van der Waals surface area contributed by atoms with Crippen LogP contribution in [-0.4, -0.2) is 31.4 Å². The molecular weight excluding hydrogens is 284 g/mol. The lowest BCUT2D eigenvalue weighted by atomic mass is 10.2. The predicted octanol–water partition coefficient (Wildman–Crippen LogP) is -0.0947. The average molecular weight is 298 g/mol. The van der Waals surface area contributed by atoms with Crippen LogP contribution in [0.4, 0.5) is 0 Å². The van der Waals surface area contributed by atoms with Gasteiger partial charge in [0.1, 0.15) is 6.04 Å². The maximum Gasteiger partial charge on any atom is 0.322 e. The van der Waals surface area contributed by atoms with Crippen molar-refractivity contribution in [2.24, 2.45) is 5.73 Å². The monoisotopic (exact) mass is 298 g/mol. The van der Waals surface area contributed by atoms with Gasteiger partial charge in [-0.3, -0.25) is 9.59 Å². The Kier molecular flexibility index (Phi) is 5.42. The summed E-state index contributed by atoms with van der Waals surface area (Å²) >= 11 is 0. The predicted molar refractivity (Wildman–Crippen MR) is 72.8 cm³/mol. The van der Waals surface area contributed by atoms with Gasteiger partial charge in [-0.05, 0) is 11.6 Å². The fraction of sp³-hybridized carbons (Fsp3) is 0.167. The molecule has 4 N–H and O–H groups in total. The lowest BCUT2D eigenvalue weighted by Crippen LogP contribution is -2.42. The number of benzene rings is 1. The van der Waals surface area contributed by atoms with E-state index in [2.05, 4.69) is 0 Å². The summed E-state index contributed by atoms with van der Waals surface area (Å²) in [7, 11) is -3.99. The number of nitrogens with one attached hydrogen (secondary N) is 1. The van der Waals surface area contributed by atoms with Gasteiger partial charge in [0.15, 0.2) is 0 Å². The number of nitrogens with two attached hydrogens (primary N) is 1. The first kappa shape index (κ1) is 15.9. The molecule has 20 heavy (non-hydrogen) atoms. The van der Waals surface area contributed by atoms with Crippen molar-refractivity contribution in [3.05, 3.63) is 41.3 Å². The molecule has 0 aliphatic rings. The molecule has 1 aromatic carbocycles. The maximum absolute atomic E-state index is 11.7. The Morgan fingerprint density at radius 1 is 1.30 bits per heavy atom. The van der Waals surface area contributed by atoms with Gasteiger partial charge in [-0.25, -0.2) is 8.42 Å². The van der Waals surface area contributed by atoms with Gasteiger partial charge in [0.25, 0.3) is 0 Å². The second-order valence-corrected chi connectivity index (χ2v) is 5.54. The molecular formula is C12H14N2O5S. The Hall–Kier alpha value is -2.19. The smallest absolute Gasteiger partial charge is 0.322 e. The van der Waals surface area contributed by atoms with E-state index in [9.17, 15) is 18.0 Å². The molecule has 0 aliphatic heterocycles. The number of amides is 1. The third kappa shape index (κ3) is 5.63. The standard InChI is InChI=1S/C12H14N2O5S/c13-11(15)8-10(12(16)17)14-20(18,19)7-6-9-4-2-1-3-5-9/h1-7,10,14H,8H2,(H2,13,15)(H,16,17)/t10-/m0/s1. The van der Waals surface area contributed by atoms with Gasteiger partial charge in [-0.15, -0.1) is 0 Å². The third-order valence-corrected chi connectivity index (χ3v) is 3.36. The summed E-state index contributed by atoms with van der Waals surface area (Å²) in [6, 6.07) is 7.02. The third-order valence-electron chi connectivity index (χ3n) is 2.25. The zero-order valence-corrected chi connectivity index (χ0v) is 11.2. The molecule has 0 saturated heterocycles. The summed E-state index contributed by atoms with van der Waals surface area (Å²) in [5.41, 5.74) is 5.50. The van der Waals surface area contributed by atoms with Crippen molar-refractivity contribution in [3.8, 4) is 0 Å². The number of carboxylic acids is 1. The van der Waals surface area contributed by atoms with Crippen LogP contribution in [0.2, 0.25) is 0 Å². The first-order valence-corrected chi connectivity index (χ1v) is 7.11. The van der Waals surface area contributed by atoms with Crippen molar-refractivity contribution >= 4 is 28.0 Å². The van der Waals surface area contributed by atoms with E-state index in [4.69, 9.17) is 10.8 Å². The Morgan fingerprint density at radius 2 is 1.90 bits per heavy atom. The average Bonchev–Trinajstić information content (AvgIpc) is 2.36. The summed E-state index contributed by atoms with van der Waals surface area (Å²) < 4.78 is 25.3. The van der Waals surface area contributed by atoms with Crippen LogP contribution in [0.15, 0.2) is 35.7 Å². The fourth-order valence-corrected chi connectivity index (χ4v) is 2.35. The lowest BCUT2D eigenvalue weighted by molar-refractivity contribution is -0.140. The Labute approximate surface area is 116 Å². The van der Waals surface area contributed by atoms with Gasteiger partial charge in [0.05, 0.1) is 6.42 Å². The Morgan fingerprint density at radius 3 is 2.40 bits per heavy atom. The SMILES string of the molecule is NC(=O)C[C@H](NS(=O)(=O)C=Cc1ccccc1)C(=O)O. The number of rotatable bonds is 7. The lowest BCUT2D eigenvalue weighted by Gasteiger charge is -2.10. The number of primary amides is 1. The highest BCUT2D eigenvalue weighted by molar-refractivity contribution is 7.92. The molecule has 0 bridgehead atoms. The second-order valence-electron chi connectivity index (χ2n) is 3.94. The molecule has 8 heteroatoms. The largest absolute Gasteiger partial charge is 0.480 e. The summed E-state index contributed by atoms with van der Waals surface area (Å²) in [5, 5.41) is 9.64. The van der Waals surface area contributed by atoms with Gasteiger partial charge in [0, 0.05) is 5.41 Å². The van der Waals surface area contributed by atoms with E-state index in [1.807, 2.05) is 4.72 Å². The molecule has 1 atom stereocenters. The van der Waals surface area contributed by atoms with Crippen LogP contribution in [-0.2, 0) is 19.6 Å². The van der Waals surface area contributed by atoms with Gasteiger partial charge >= 0.3 is 5.97 Å². The minimum atomic E-state index is -3.99. The van der Waals surface area contributed by atoms with Crippen molar-refractivity contribution in [1.82, 2.24) is 4.72 Å². The topological polar surface area (TPSA) is 127 Å². The van der Waals surface area contributed by atoms with Crippen LogP contribution in [0.3, 0.4) is 0 Å². The maximum atomic E-state index is 11.7. The molecule has 0 saturated carbocycles. The van der Waals surface area contributed by atoms with Crippen LogP contribution < -0.4 is 10.5 Å². The number of sulfonamides is 1. The Bertz CT molecular complexity index is 610. The highest BCUT2D eigenvalue weighted by atomic mass is 32.2. The van der Waals surface area contributed by atoms with Crippen LogP contribution in [0.5, 0.6) is 0 Å². The van der Waals surface area contributed by atoms with Gasteiger partial charge in [0.2, 0.25) is 15.9 Å². The van der Waals surface area contributed by atoms with Gasteiger partial charge in [-0.1, -0.05) is 30.3 Å². The van der Waals surface area contributed by atoms with Gasteiger partial charge < -0.3 is 10.8 Å². The van der Waals surface area contributed by atoms with E-state index < -0.39 is 34.4 Å². The van der Waals surface area contributed by atoms with E-state index in [0.29, 0.717) is 5.56 Å². The summed E-state index contributed by atoms with van der Waals surface area (Å²) in [6.45, 7) is 0. The molecule has 0 fully saturated rings. The van der Waals surface area contributed by atoms with E-state index in [-0.39, 0.29) is 0 Å². The highest BCUT2D eigenvalue weighted by Crippen LogP contribution is 2.04. The highest BCUT2D eigenvalue weighted by Gasteiger charge is 2.24. The molecule has 108 valence electrons. The van der Waals surface area contributed by atoms with Crippen molar-refractivity contribution in [2.75, 3.05) is 0 Å². The molecule has 1 rings (SSSR count). The zero-order chi connectivity index (χ0) is 15.2. The molecule has 0 radical (unpaired) electrons. The summed E-state index contributed by atoms with van der Waals surface area (Å²) in [6.07, 6.45) is 0.694. The number of carboxylic acid groups (broad SMARTS) is 1. The molecule has 0 unspecified atom stereocenters. The number of carbonyl (C=O) groups is 2. The Balaban J connectivity index is 2.80. The van der Waals surface area contributed by atoms with E-state index >= 15 is 0 Å². The minimum Gasteiger partial charge on any atom is -0.480 e. The fourth-order valence-electron chi connectivity index (χ4n) is 1.35. The van der Waals surface area contributed by atoms with Crippen molar-refractivity contribution in [1.29, 1.82) is 0 Å². The van der Waals surface area contributed by atoms with Crippen LogP contribution in [0.25, 0.3) is 6.08 Å². The van der Waals surface area contributed by atoms with Crippen LogP contribution in [0.1, 0.15) is 12.0 Å². The molecule has 0 aromatic heterocycles. The number of hydrogen-bond acceptors (Lipinski definition) is 4.